The lowest BCUT2D eigenvalue weighted by Gasteiger charge is -2.14. The molecule has 0 saturated heterocycles. The number of ether oxygens (including phenoxy) is 1. The van der Waals surface area contributed by atoms with Crippen molar-refractivity contribution in [1.29, 1.82) is 0 Å². The highest BCUT2D eigenvalue weighted by atomic mass is 35.5. The van der Waals surface area contributed by atoms with E-state index in [9.17, 15) is 18.0 Å². The first-order chi connectivity index (χ1) is 17.3. The van der Waals surface area contributed by atoms with Crippen molar-refractivity contribution in [3.05, 3.63) is 101 Å². The second kappa shape index (κ2) is 9.16. The van der Waals surface area contributed by atoms with Crippen molar-refractivity contribution < 1.29 is 27.1 Å². The standard InChI is InChI=1S/C26H17ClF3N3O3/c1-35-18-8-9-20-19(11-18)22(23(34)25-32-13-21(36-25)16-3-2-10-31-12-16)24(26(28,29)30)33(20)14-15-4-6-17(27)7-5-15/h2-13H,14H2,1H3. The molecule has 182 valence electrons. The number of alkyl halides is 3. The fourth-order valence-corrected chi connectivity index (χ4v) is 4.18. The van der Waals surface area contributed by atoms with E-state index in [1.165, 1.54) is 31.6 Å². The Morgan fingerprint density at radius 1 is 1.11 bits per heavy atom. The number of rotatable bonds is 6. The average Bonchev–Trinajstić information content (AvgIpc) is 3.49. The first-order valence-corrected chi connectivity index (χ1v) is 11.1. The van der Waals surface area contributed by atoms with Gasteiger partial charge in [0, 0.05) is 40.4 Å². The van der Waals surface area contributed by atoms with Crippen molar-refractivity contribution >= 4 is 28.3 Å². The smallest absolute Gasteiger partial charge is 0.432 e. The summed E-state index contributed by atoms with van der Waals surface area (Å²) in [5.74, 6) is -0.946. The fourth-order valence-electron chi connectivity index (χ4n) is 4.05. The van der Waals surface area contributed by atoms with Crippen LogP contribution in [-0.4, -0.2) is 27.4 Å². The van der Waals surface area contributed by atoms with Crippen molar-refractivity contribution in [2.75, 3.05) is 7.11 Å². The van der Waals surface area contributed by atoms with Crippen LogP contribution in [0.1, 0.15) is 27.5 Å². The highest BCUT2D eigenvalue weighted by molar-refractivity contribution is 6.30. The quantitative estimate of drug-likeness (QED) is 0.239. The highest BCUT2D eigenvalue weighted by Gasteiger charge is 2.42. The Labute approximate surface area is 207 Å². The summed E-state index contributed by atoms with van der Waals surface area (Å²) in [6.45, 7) is -0.144. The minimum absolute atomic E-state index is 0.0711. The Bertz CT molecular complexity index is 1560. The monoisotopic (exact) mass is 511 g/mol. The number of fused-ring (bicyclic) bond motifs is 1. The van der Waals surface area contributed by atoms with E-state index in [0.717, 1.165) is 4.57 Å². The molecule has 0 atom stereocenters. The normalized spacial score (nSPS) is 11.7. The van der Waals surface area contributed by atoms with Crippen molar-refractivity contribution in [2.24, 2.45) is 0 Å². The van der Waals surface area contributed by atoms with Gasteiger partial charge in [0.15, 0.2) is 5.76 Å². The molecule has 0 radical (unpaired) electrons. The zero-order valence-electron chi connectivity index (χ0n) is 18.7. The van der Waals surface area contributed by atoms with Gasteiger partial charge in [-0.25, -0.2) is 4.98 Å². The molecule has 5 aromatic rings. The van der Waals surface area contributed by atoms with E-state index in [-0.39, 0.29) is 23.2 Å². The van der Waals surface area contributed by atoms with Crippen molar-refractivity contribution in [1.82, 2.24) is 14.5 Å². The van der Waals surface area contributed by atoms with Crippen LogP contribution in [0.2, 0.25) is 5.02 Å². The number of aromatic nitrogens is 3. The number of hydrogen-bond donors (Lipinski definition) is 0. The number of pyridine rings is 1. The molecule has 0 fully saturated rings. The zero-order chi connectivity index (χ0) is 25.4. The van der Waals surface area contributed by atoms with Crippen LogP contribution in [0.15, 0.2) is 77.6 Å². The van der Waals surface area contributed by atoms with Crippen LogP contribution < -0.4 is 4.74 Å². The Kier molecular flexibility index (Phi) is 6.01. The molecule has 0 spiro atoms. The number of oxazole rings is 1. The molecule has 3 heterocycles. The summed E-state index contributed by atoms with van der Waals surface area (Å²) in [6.07, 6.45) is -0.517. The predicted molar refractivity (Wildman–Crippen MR) is 127 cm³/mol. The predicted octanol–water partition coefficient (Wildman–Crippen LogP) is 6.65. The topological polar surface area (TPSA) is 70.2 Å². The molecule has 36 heavy (non-hydrogen) atoms. The number of carbonyl (C=O) groups is 1. The Morgan fingerprint density at radius 3 is 2.56 bits per heavy atom. The van der Waals surface area contributed by atoms with Gasteiger partial charge >= 0.3 is 6.18 Å². The molecule has 0 saturated carbocycles. The van der Waals surface area contributed by atoms with Gasteiger partial charge in [-0.2, -0.15) is 13.2 Å². The van der Waals surface area contributed by atoms with Gasteiger partial charge in [0.2, 0.25) is 0 Å². The molecule has 10 heteroatoms. The Morgan fingerprint density at radius 2 is 1.89 bits per heavy atom. The van der Waals surface area contributed by atoms with Gasteiger partial charge in [0.1, 0.15) is 11.4 Å². The first kappa shape index (κ1) is 23.6. The number of halogens is 4. The summed E-state index contributed by atoms with van der Waals surface area (Å²) < 4.78 is 55.5. The molecule has 2 aromatic carbocycles. The van der Waals surface area contributed by atoms with Gasteiger partial charge < -0.3 is 13.7 Å². The molecule has 0 amide bonds. The second-order valence-electron chi connectivity index (χ2n) is 7.92. The van der Waals surface area contributed by atoms with Crippen LogP contribution >= 0.6 is 11.6 Å². The van der Waals surface area contributed by atoms with Gasteiger partial charge in [-0.15, -0.1) is 0 Å². The van der Waals surface area contributed by atoms with Crippen LogP contribution in [0.25, 0.3) is 22.2 Å². The molecule has 6 nitrogen and oxygen atoms in total. The second-order valence-corrected chi connectivity index (χ2v) is 8.35. The Hall–Kier alpha value is -4.11. The average molecular weight is 512 g/mol. The fraction of sp³-hybridized carbons (Fsp3) is 0.115. The lowest BCUT2D eigenvalue weighted by molar-refractivity contribution is -0.143. The molecule has 5 rings (SSSR count). The lowest BCUT2D eigenvalue weighted by Crippen LogP contribution is -2.18. The summed E-state index contributed by atoms with van der Waals surface area (Å²) in [6, 6.07) is 14.2. The van der Waals surface area contributed by atoms with Crippen LogP contribution in [0.4, 0.5) is 13.2 Å². The molecule has 0 bridgehead atoms. The van der Waals surface area contributed by atoms with Crippen molar-refractivity contribution in [3.63, 3.8) is 0 Å². The van der Waals surface area contributed by atoms with E-state index in [1.807, 2.05) is 0 Å². The maximum atomic E-state index is 14.6. The van der Waals surface area contributed by atoms with Gasteiger partial charge in [-0.05, 0) is 48.0 Å². The van der Waals surface area contributed by atoms with Crippen molar-refractivity contribution in [3.8, 4) is 17.1 Å². The van der Waals surface area contributed by atoms with Crippen LogP contribution in [0.3, 0.4) is 0 Å². The van der Waals surface area contributed by atoms with E-state index in [2.05, 4.69) is 9.97 Å². The number of hydrogen-bond acceptors (Lipinski definition) is 5. The maximum absolute atomic E-state index is 14.6. The van der Waals surface area contributed by atoms with Crippen LogP contribution in [-0.2, 0) is 12.7 Å². The van der Waals surface area contributed by atoms with Gasteiger partial charge in [0.25, 0.3) is 11.7 Å². The van der Waals surface area contributed by atoms with Crippen molar-refractivity contribution in [2.45, 2.75) is 12.7 Å². The van der Waals surface area contributed by atoms with Gasteiger partial charge in [0.05, 0.1) is 18.9 Å². The Balaban J connectivity index is 1.71. The summed E-state index contributed by atoms with van der Waals surface area (Å²) in [5, 5.41) is 0.530. The third-order valence-electron chi connectivity index (χ3n) is 5.67. The largest absolute Gasteiger partial charge is 0.497 e. The molecular weight excluding hydrogens is 495 g/mol. The minimum Gasteiger partial charge on any atom is -0.497 e. The lowest BCUT2D eigenvalue weighted by atomic mass is 10.1. The van der Waals surface area contributed by atoms with Gasteiger partial charge in [-0.1, -0.05) is 23.7 Å². The minimum atomic E-state index is -4.86. The summed E-state index contributed by atoms with van der Waals surface area (Å²) >= 11 is 5.94. The molecule has 0 aliphatic heterocycles. The van der Waals surface area contributed by atoms with E-state index in [0.29, 0.717) is 21.9 Å². The SMILES string of the molecule is COc1ccc2c(c1)c(C(=O)c1ncc(-c3cccnc3)o1)c(C(F)(F)F)n2Cc1ccc(Cl)cc1. The zero-order valence-corrected chi connectivity index (χ0v) is 19.5. The van der Waals surface area contributed by atoms with Crippen LogP contribution in [0.5, 0.6) is 5.75 Å². The van der Waals surface area contributed by atoms with Crippen LogP contribution in [0, 0.1) is 0 Å². The number of methoxy groups -OCH3 is 1. The number of nitrogens with zero attached hydrogens (tertiary/aromatic N) is 3. The summed E-state index contributed by atoms with van der Waals surface area (Å²) in [7, 11) is 1.40. The molecule has 0 unspecified atom stereocenters. The van der Waals surface area contributed by atoms with E-state index in [4.69, 9.17) is 20.8 Å². The van der Waals surface area contributed by atoms with E-state index in [1.54, 1.807) is 48.7 Å². The first-order valence-electron chi connectivity index (χ1n) is 10.7. The summed E-state index contributed by atoms with van der Waals surface area (Å²) in [4.78, 5) is 21.5. The number of carbonyl (C=O) groups excluding carboxylic acids is 1. The van der Waals surface area contributed by atoms with E-state index < -0.39 is 29.1 Å². The molecule has 0 aliphatic carbocycles. The van der Waals surface area contributed by atoms with E-state index >= 15 is 0 Å². The molecule has 0 aliphatic rings. The maximum Gasteiger partial charge on any atom is 0.432 e. The summed E-state index contributed by atoms with van der Waals surface area (Å²) in [5.41, 5.74) is -0.351. The number of benzene rings is 2. The molecule has 3 aromatic heterocycles. The number of ketones is 1. The van der Waals surface area contributed by atoms with Gasteiger partial charge in [-0.3, -0.25) is 9.78 Å². The third-order valence-corrected chi connectivity index (χ3v) is 5.92. The third kappa shape index (κ3) is 4.33. The molecule has 0 N–H and O–H groups in total. The molecular formula is C26H17ClF3N3O3. The highest BCUT2D eigenvalue weighted by Crippen LogP contribution is 2.41.